The molecule has 2 aliphatic rings. The number of aromatic nitrogens is 2. The van der Waals surface area contributed by atoms with Gasteiger partial charge >= 0.3 is 0 Å². The molecule has 2 aromatic heterocycles. The molecule has 11 nitrogen and oxygen atoms in total. The number of carbonyl (C=O) groups is 1. The second kappa shape index (κ2) is 11.3. The number of thiazole rings is 1. The number of oxime groups is 1. The van der Waals surface area contributed by atoms with Crippen LogP contribution in [-0.4, -0.2) is 81.8 Å². The third kappa shape index (κ3) is 5.80. The molecule has 3 heterocycles. The molecule has 1 saturated heterocycles. The van der Waals surface area contributed by atoms with Crippen LogP contribution >= 0.6 is 11.3 Å². The summed E-state index contributed by atoms with van der Waals surface area (Å²) in [6, 6.07) is 8.08. The van der Waals surface area contributed by atoms with Gasteiger partial charge in [-0.05, 0) is 38.1 Å². The quantitative estimate of drug-likeness (QED) is 0.269. The van der Waals surface area contributed by atoms with Gasteiger partial charge in [0.1, 0.15) is 10.3 Å². The van der Waals surface area contributed by atoms with Crippen molar-refractivity contribution in [3.8, 4) is 0 Å². The van der Waals surface area contributed by atoms with Gasteiger partial charge in [0.15, 0.2) is 26.8 Å². The first-order chi connectivity index (χ1) is 18.4. The molecule has 2 fully saturated rings. The van der Waals surface area contributed by atoms with Crippen LogP contribution in [0.1, 0.15) is 24.8 Å². The Morgan fingerprint density at radius 1 is 1.24 bits per heavy atom. The molecule has 0 bridgehead atoms. The van der Waals surface area contributed by atoms with Crippen molar-refractivity contribution in [2.75, 3.05) is 50.6 Å². The molecule has 1 amide bonds. The average molecular weight is 559 g/mol. The van der Waals surface area contributed by atoms with Gasteiger partial charge in [0.25, 0.3) is 5.91 Å². The van der Waals surface area contributed by atoms with Gasteiger partial charge in [-0.25, -0.2) is 18.4 Å². The third-order valence-electron chi connectivity index (χ3n) is 6.42. The number of benzene rings is 1. The zero-order valence-corrected chi connectivity index (χ0v) is 22.8. The molecular weight excluding hydrogens is 528 g/mol. The molecule has 13 heteroatoms. The fraction of sp³-hybridized carbons (Fsp3) is 0.440. The third-order valence-corrected chi connectivity index (χ3v) is 9.58. The van der Waals surface area contributed by atoms with E-state index in [1.807, 2.05) is 20.2 Å². The first kappa shape index (κ1) is 26.5. The highest BCUT2D eigenvalue weighted by molar-refractivity contribution is 7.92. The minimum absolute atomic E-state index is 0.0193. The van der Waals surface area contributed by atoms with Crippen LogP contribution in [-0.2, 0) is 24.2 Å². The Labute approximate surface area is 225 Å². The zero-order valence-electron chi connectivity index (χ0n) is 21.2. The first-order valence-electron chi connectivity index (χ1n) is 12.5. The highest BCUT2D eigenvalue weighted by atomic mass is 32.2. The Morgan fingerprint density at radius 2 is 2.03 bits per heavy atom. The lowest BCUT2D eigenvalue weighted by molar-refractivity contribution is -0.110. The van der Waals surface area contributed by atoms with E-state index < -0.39 is 15.7 Å². The average Bonchev–Trinajstić information content (AvgIpc) is 3.51. The van der Waals surface area contributed by atoms with Crippen molar-refractivity contribution in [2.24, 2.45) is 5.16 Å². The van der Waals surface area contributed by atoms with Crippen molar-refractivity contribution < 1.29 is 22.8 Å². The van der Waals surface area contributed by atoms with Crippen LogP contribution in [0, 0.1) is 0 Å². The predicted molar refractivity (Wildman–Crippen MR) is 147 cm³/mol. The number of anilines is 2. The molecule has 202 valence electrons. The molecule has 0 spiro atoms. The summed E-state index contributed by atoms with van der Waals surface area (Å²) in [5.74, 6) is -0.522. The van der Waals surface area contributed by atoms with Gasteiger partial charge in [-0.1, -0.05) is 28.6 Å². The van der Waals surface area contributed by atoms with Crippen LogP contribution < -0.4 is 15.5 Å². The van der Waals surface area contributed by atoms with E-state index >= 15 is 0 Å². The summed E-state index contributed by atoms with van der Waals surface area (Å²) >= 11 is 1.26. The van der Waals surface area contributed by atoms with Crippen LogP contribution in [0.25, 0.3) is 10.3 Å². The number of amides is 1. The van der Waals surface area contributed by atoms with E-state index in [9.17, 15) is 13.2 Å². The summed E-state index contributed by atoms with van der Waals surface area (Å²) in [4.78, 5) is 31.1. The summed E-state index contributed by atoms with van der Waals surface area (Å²) in [5, 5.41) is 10.2. The molecule has 1 aliphatic carbocycles. The van der Waals surface area contributed by atoms with Gasteiger partial charge in [0.2, 0.25) is 0 Å². The number of ether oxygens (including phenoxy) is 1. The number of hydrogen-bond acceptors (Lipinski definition) is 11. The number of pyridine rings is 1. The topological polar surface area (TPSA) is 135 Å². The fourth-order valence-electron chi connectivity index (χ4n) is 4.06. The molecular formula is C25H30N6O5S2. The van der Waals surface area contributed by atoms with Crippen LogP contribution in [0.15, 0.2) is 46.6 Å². The van der Waals surface area contributed by atoms with Crippen LogP contribution in [0.2, 0.25) is 0 Å². The van der Waals surface area contributed by atoms with Gasteiger partial charge in [-0.3, -0.25) is 10.1 Å². The van der Waals surface area contributed by atoms with Crippen LogP contribution in [0.4, 0.5) is 10.8 Å². The maximum atomic E-state index is 13.4. The molecule has 1 aliphatic heterocycles. The van der Waals surface area contributed by atoms with E-state index in [0.717, 1.165) is 18.8 Å². The Hall–Kier alpha value is -3.13. The van der Waals surface area contributed by atoms with E-state index in [-0.39, 0.29) is 22.0 Å². The van der Waals surface area contributed by atoms with Gasteiger partial charge < -0.3 is 19.8 Å². The Bertz CT molecular complexity index is 1430. The normalized spacial score (nSPS) is 18.1. The maximum Gasteiger partial charge on any atom is 0.280 e. The molecule has 3 aromatic rings. The van der Waals surface area contributed by atoms with Crippen molar-refractivity contribution >= 4 is 54.0 Å². The number of carbonyl (C=O) groups excluding carboxylic acids is 1. The molecule has 2 N–H and O–H groups in total. The molecule has 1 atom stereocenters. The second-order valence-corrected chi connectivity index (χ2v) is 12.5. The number of sulfone groups is 1. The lowest BCUT2D eigenvalue weighted by atomic mass is 10.1. The van der Waals surface area contributed by atoms with Gasteiger partial charge in [0.05, 0.1) is 29.0 Å². The standard InChI is InChI=1S/C25H30N6O5S2/c1-26-12-13-31(2)20-9-11-27-24-22(20)28-25(37-24)29-23(32)21(30-36-17-10-14-35-15-17)16-3-5-18(6-4-16)38(33,34)19-7-8-19/h3-6,9,11,17,19,26H,7-8,10,12-15H2,1-2H3,(H,28,29,32)/t17-/m1/s1. The first-order valence-corrected chi connectivity index (χ1v) is 14.8. The molecule has 1 saturated carbocycles. The number of fused-ring (bicyclic) bond motifs is 1. The molecule has 1 aromatic carbocycles. The van der Waals surface area contributed by atoms with E-state index in [0.29, 0.717) is 53.5 Å². The smallest absolute Gasteiger partial charge is 0.280 e. The lowest BCUT2D eigenvalue weighted by Crippen LogP contribution is -2.27. The van der Waals surface area contributed by atoms with E-state index in [4.69, 9.17) is 9.57 Å². The number of nitrogens with one attached hydrogen (secondary N) is 2. The number of nitrogens with zero attached hydrogens (tertiary/aromatic N) is 4. The number of rotatable bonds is 11. The van der Waals surface area contributed by atoms with Crippen molar-refractivity contribution in [1.82, 2.24) is 15.3 Å². The zero-order chi connectivity index (χ0) is 26.7. The minimum Gasteiger partial charge on any atom is -0.389 e. The van der Waals surface area contributed by atoms with Gasteiger partial charge in [-0.2, -0.15) is 0 Å². The van der Waals surface area contributed by atoms with Crippen LogP contribution in [0.3, 0.4) is 0 Å². The van der Waals surface area contributed by atoms with Gasteiger partial charge in [-0.15, -0.1) is 0 Å². The molecule has 38 heavy (non-hydrogen) atoms. The Morgan fingerprint density at radius 3 is 2.71 bits per heavy atom. The maximum absolute atomic E-state index is 13.4. The Kier molecular flexibility index (Phi) is 7.88. The largest absolute Gasteiger partial charge is 0.389 e. The SMILES string of the molecule is CNCCN(C)c1ccnc2sc(NC(=O)C(=NO[C@@H]3CCOC3)c3ccc(S(=O)(=O)C4CC4)cc3)nc12. The van der Waals surface area contributed by atoms with E-state index in [1.54, 1.807) is 18.3 Å². The summed E-state index contributed by atoms with van der Waals surface area (Å²) in [5.41, 5.74) is 2.06. The predicted octanol–water partition coefficient (Wildman–Crippen LogP) is 2.43. The molecule has 0 radical (unpaired) electrons. The monoisotopic (exact) mass is 558 g/mol. The summed E-state index contributed by atoms with van der Waals surface area (Å²) in [7, 11) is 0.529. The van der Waals surface area contributed by atoms with Crippen LogP contribution in [0.5, 0.6) is 0 Å². The highest BCUT2D eigenvalue weighted by Gasteiger charge is 2.36. The number of hydrogen-bond donors (Lipinski definition) is 2. The fourth-order valence-corrected chi connectivity index (χ4v) is 6.54. The summed E-state index contributed by atoms with van der Waals surface area (Å²) in [6.07, 6.45) is 3.50. The summed E-state index contributed by atoms with van der Waals surface area (Å²) < 4.78 is 30.5. The molecule has 5 rings (SSSR count). The number of likely N-dealkylation sites (N-methyl/N-ethyl adjacent to an activating group) is 2. The minimum atomic E-state index is -3.35. The summed E-state index contributed by atoms with van der Waals surface area (Å²) in [6.45, 7) is 2.55. The van der Waals surface area contributed by atoms with E-state index in [1.165, 1.54) is 23.5 Å². The van der Waals surface area contributed by atoms with Gasteiger partial charge in [0, 0.05) is 38.3 Å². The Balaban J connectivity index is 1.40. The van der Waals surface area contributed by atoms with Crippen molar-refractivity contribution in [1.29, 1.82) is 0 Å². The van der Waals surface area contributed by atoms with Crippen molar-refractivity contribution in [3.63, 3.8) is 0 Å². The highest BCUT2D eigenvalue weighted by Crippen LogP contribution is 2.34. The lowest BCUT2D eigenvalue weighted by Gasteiger charge is -2.18. The van der Waals surface area contributed by atoms with Crippen molar-refractivity contribution in [3.05, 3.63) is 42.1 Å². The molecule has 0 unspecified atom stereocenters. The van der Waals surface area contributed by atoms with Crippen molar-refractivity contribution in [2.45, 2.75) is 35.5 Å². The second-order valence-electron chi connectivity index (χ2n) is 9.28. The van der Waals surface area contributed by atoms with E-state index in [2.05, 4.69) is 30.7 Å².